The maximum absolute atomic E-state index is 11.0. The number of hydrogen-bond donors (Lipinski definition) is 2. The largest absolute Gasteiger partial charge is 0.480 e. The summed E-state index contributed by atoms with van der Waals surface area (Å²) < 4.78 is 1.89. The highest BCUT2D eigenvalue weighted by molar-refractivity contribution is 7.99. The predicted octanol–water partition coefficient (Wildman–Crippen LogP) is 1.64. The molecule has 2 N–H and O–H groups in total. The third-order valence-electron chi connectivity index (χ3n) is 2.80. The van der Waals surface area contributed by atoms with Gasteiger partial charge in [0, 0.05) is 17.8 Å². The second kappa shape index (κ2) is 5.10. The van der Waals surface area contributed by atoms with Crippen LogP contribution in [0, 0.1) is 0 Å². The van der Waals surface area contributed by atoms with Gasteiger partial charge in [-0.05, 0) is 26.0 Å². The highest BCUT2D eigenvalue weighted by Crippen LogP contribution is 2.31. The molecule has 2 heterocycles. The monoisotopic (exact) mass is 255 g/mol. The SMILES string of the molecule is CC(C)n1cc(C2NC(C(=O)O)CCS2)cn1. The Balaban J connectivity index is 2.08. The Hall–Kier alpha value is -1.01. The lowest BCUT2D eigenvalue weighted by molar-refractivity contribution is -0.139. The Morgan fingerprint density at radius 2 is 2.47 bits per heavy atom. The van der Waals surface area contributed by atoms with Crippen LogP contribution in [0.15, 0.2) is 12.4 Å². The fourth-order valence-corrected chi connectivity index (χ4v) is 2.96. The average molecular weight is 255 g/mol. The molecule has 0 saturated carbocycles. The molecule has 0 aromatic carbocycles. The minimum absolute atomic E-state index is 0.0392. The van der Waals surface area contributed by atoms with Crippen molar-refractivity contribution in [3.8, 4) is 0 Å². The average Bonchev–Trinajstić information content (AvgIpc) is 2.78. The summed E-state index contributed by atoms with van der Waals surface area (Å²) in [5, 5.41) is 16.5. The van der Waals surface area contributed by atoms with Crippen LogP contribution in [-0.2, 0) is 4.79 Å². The second-order valence-corrected chi connectivity index (χ2v) is 5.66. The molecule has 2 atom stereocenters. The normalized spacial score (nSPS) is 25.1. The van der Waals surface area contributed by atoms with Crippen molar-refractivity contribution in [1.82, 2.24) is 15.1 Å². The molecule has 1 fully saturated rings. The summed E-state index contributed by atoms with van der Waals surface area (Å²) in [6.45, 7) is 4.14. The van der Waals surface area contributed by atoms with Crippen molar-refractivity contribution in [2.45, 2.75) is 37.7 Å². The lowest BCUT2D eigenvalue weighted by Crippen LogP contribution is -2.41. The number of carbonyl (C=O) groups is 1. The minimum Gasteiger partial charge on any atom is -0.480 e. The molecule has 0 amide bonds. The van der Waals surface area contributed by atoms with E-state index in [0.717, 1.165) is 11.3 Å². The number of rotatable bonds is 3. The highest BCUT2D eigenvalue weighted by atomic mass is 32.2. The fraction of sp³-hybridized carbons (Fsp3) is 0.636. The third-order valence-corrected chi connectivity index (χ3v) is 4.01. The summed E-state index contributed by atoms with van der Waals surface area (Å²) in [5.74, 6) is 0.0909. The van der Waals surface area contributed by atoms with Crippen LogP contribution in [0.2, 0.25) is 0 Å². The quantitative estimate of drug-likeness (QED) is 0.859. The van der Waals surface area contributed by atoms with Gasteiger partial charge >= 0.3 is 5.97 Å². The molecule has 2 rings (SSSR count). The zero-order valence-electron chi connectivity index (χ0n) is 9.96. The Morgan fingerprint density at radius 1 is 1.71 bits per heavy atom. The van der Waals surface area contributed by atoms with Gasteiger partial charge in [0.05, 0.1) is 11.6 Å². The molecule has 94 valence electrons. The van der Waals surface area contributed by atoms with Gasteiger partial charge in [0.15, 0.2) is 0 Å². The number of aromatic nitrogens is 2. The van der Waals surface area contributed by atoms with Crippen molar-refractivity contribution in [3.63, 3.8) is 0 Å². The highest BCUT2D eigenvalue weighted by Gasteiger charge is 2.28. The molecular formula is C11H17N3O2S. The van der Waals surface area contributed by atoms with Crippen molar-refractivity contribution in [1.29, 1.82) is 0 Å². The fourth-order valence-electron chi connectivity index (χ4n) is 1.78. The topological polar surface area (TPSA) is 67.2 Å². The molecule has 0 bridgehead atoms. The van der Waals surface area contributed by atoms with E-state index in [2.05, 4.69) is 24.3 Å². The summed E-state index contributed by atoms with van der Waals surface area (Å²) >= 11 is 1.73. The van der Waals surface area contributed by atoms with E-state index in [0.29, 0.717) is 12.5 Å². The van der Waals surface area contributed by atoms with E-state index >= 15 is 0 Å². The van der Waals surface area contributed by atoms with E-state index in [9.17, 15) is 4.79 Å². The van der Waals surface area contributed by atoms with Gasteiger partial charge in [-0.2, -0.15) is 5.10 Å². The first-order valence-corrected chi connectivity index (χ1v) is 6.77. The molecule has 1 aromatic rings. The first-order chi connectivity index (χ1) is 8.08. The van der Waals surface area contributed by atoms with Gasteiger partial charge in [-0.1, -0.05) is 0 Å². The van der Waals surface area contributed by atoms with Crippen molar-refractivity contribution in [2.24, 2.45) is 0 Å². The molecule has 1 aromatic heterocycles. The van der Waals surface area contributed by atoms with Crippen LogP contribution in [-0.4, -0.2) is 32.7 Å². The summed E-state index contributed by atoms with van der Waals surface area (Å²) in [7, 11) is 0. The zero-order valence-corrected chi connectivity index (χ0v) is 10.8. The second-order valence-electron chi connectivity index (χ2n) is 4.44. The minimum atomic E-state index is -0.772. The van der Waals surface area contributed by atoms with E-state index in [-0.39, 0.29) is 5.37 Å². The van der Waals surface area contributed by atoms with E-state index in [1.807, 2.05) is 17.1 Å². The Labute approximate surface area is 105 Å². The number of aliphatic carboxylic acids is 1. The van der Waals surface area contributed by atoms with Gasteiger partial charge in [-0.3, -0.25) is 14.8 Å². The van der Waals surface area contributed by atoms with Crippen molar-refractivity contribution >= 4 is 17.7 Å². The van der Waals surface area contributed by atoms with E-state index in [1.165, 1.54) is 0 Å². The summed E-state index contributed by atoms with van der Waals surface area (Å²) in [6, 6.07) is -0.115. The van der Waals surface area contributed by atoms with E-state index < -0.39 is 12.0 Å². The number of nitrogens with zero attached hydrogens (tertiary/aromatic N) is 2. The summed E-state index contributed by atoms with van der Waals surface area (Å²) in [6.07, 6.45) is 4.48. The molecule has 1 aliphatic heterocycles. The van der Waals surface area contributed by atoms with Gasteiger partial charge in [0.1, 0.15) is 6.04 Å². The molecule has 2 unspecified atom stereocenters. The van der Waals surface area contributed by atoms with Gasteiger partial charge < -0.3 is 5.11 Å². The first-order valence-electron chi connectivity index (χ1n) is 5.72. The summed E-state index contributed by atoms with van der Waals surface area (Å²) in [5.41, 5.74) is 1.05. The molecular weight excluding hydrogens is 238 g/mol. The molecule has 17 heavy (non-hydrogen) atoms. The van der Waals surface area contributed by atoms with Crippen LogP contribution >= 0.6 is 11.8 Å². The number of thioether (sulfide) groups is 1. The van der Waals surface area contributed by atoms with Crippen LogP contribution in [0.4, 0.5) is 0 Å². The molecule has 1 aliphatic rings. The molecule has 6 heteroatoms. The summed E-state index contributed by atoms with van der Waals surface area (Å²) in [4.78, 5) is 11.0. The lowest BCUT2D eigenvalue weighted by atomic mass is 10.2. The Bertz CT molecular complexity index is 405. The molecule has 5 nitrogen and oxygen atoms in total. The molecule has 1 saturated heterocycles. The smallest absolute Gasteiger partial charge is 0.320 e. The molecule has 0 spiro atoms. The third kappa shape index (κ3) is 2.81. The number of carboxylic acid groups (broad SMARTS) is 1. The molecule has 0 aliphatic carbocycles. The Morgan fingerprint density at radius 3 is 3.06 bits per heavy atom. The standard InChI is InChI=1S/C11H17N3O2S/c1-7(2)14-6-8(5-12-14)10-13-9(11(15)16)3-4-17-10/h5-7,9-10,13H,3-4H2,1-2H3,(H,15,16). The molecule has 0 radical (unpaired) electrons. The zero-order chi connectivity index (χ0) is 12.4. The Kier molecular flexibility index (Phi) is 3.73. The van der Waals surface area contributed by atoms with Crippen LogP contribution in [0.25, 0.3) is 0 Å². The van der Waals surface area contributed by atoms with Gasteiger partial charge in [0.25, 0.3) is 0 Å². The van der Waals surface area contributed by atoms with Crippen LogP contribution < -0.4 is 5.32 Å². The van der Waals surface area contributed by atoms with E-state index in [4.69, 9.17) is 5.11 Å². The van der Waals surface area contributed by atoms with Crippen LogP contribution in [0.1, 0.15) is 37.2 Å². The van der Waals surface area contributed by atoms with Crippen molar-refractivity contribution in [3.05, 3.63) is 18.0 Å². The predicted molar refractivity (Wildman–Crippen MR) is 67.0 cm³/mol. The van der Waals surface area contributed by atoms with Gasteiger partial charge in [-0.15, -0.1) is 11.8 Å². The number of hydrogen-bond acceptors (Lipinski definition) is 4. The first kappa shape index (κ1) is 12.4. The van der Waals surface area contributed by atoms with E-state index in [1.54, 1.807) is 11.8 Å². The number of carboxylic acids is 1. The van der Waals surface area contributed by atoms with Gasteiger partial charge in [0.2, 0.25) is 0 Å². The van der Waals surface area contributed by atoms with Crippen molar-refractivity contribution < 1.29 is 9.90 Å². The van der Waals surface area contributed by atoms with Crippen LogP contribution in [0.3, 0.4) is 0 Å². The maximum atomic E-state index is 11.0. The van der Waals surface area contributed by atoms with Crippen LogP contribution in [0.5, 0.6) is 0 Å². The van der Waals surface area contributed by atoms with Gasteiger partial charge in [-0.25, -0.2) is 0 Å². The maximum Gasteiger partial charge on any atom is 0.320 e. The number of nitrogens with one attached hydrogen (secondary N) is 1. The van der Waals surface area contributed by atoms with Crippen molar-refractivity contribution in [2.75, 3.05) is 5.75 Å². The lowest BCUT2D eigenvalue weighted by Gasteiger charge is -2.27.